The van der Waals surface area contributed by atoms with Crippen molar-refractivity contribution in [1.29, 1.82) is 0 Å². The summed E-state index contributed by atoms with van der Waals surface area (Å²) >= 11 is 0.700. The Morgan fingerprint density at radius 1 is 1.44 bits per heavy atom. The quantitative estimate of drug-likeness (QED) is 0.447. The van der Waals surface area contributed by atoms with E-state index in [4.69, 9.17) is 4.74 Å². The molecule has 0 spiro atoms. The number of nitro groups is 1. The molecule has 3 amide bonds. The molecule has 2 heterocycles. The van der Waals surface area contributed by atoms with E-state index in [1.54, 1.807) is 6.07 Å². The number of non-ortho nitro benzene ring substituents is 1. The van der Waals surface area contributed by atoms with E-state index < -0.39 is 22.0 Å². The number of nitrogens with one attached hydrogen (secondary N) is 1. The molecule has 1 aromatic carbocycles. The monoisotopic (exact) mass is 391 g/mol. The summed E-state index contributed by atoms with van der Waals surface area (Å²) in [6.07, 6.45) is 3.19. The fraction of sp³-hybridized carbons (Fsp3) is 0.353. The van der Waals surface area contributed by atoms with E-state index in [-0.39, 0.29) is 23.2 Å². The molecule has 0 bridgehead atoms. The second-order valence-electron chi connectivity index (χ2n) is 6.06. The predicted octanol–water partition coefficient (Wildman–Crippen LogP) is 1.93. The second kappa shape index (κ2) is 8.31. The number of carbonyl (C=O) groups excluding carboxylic acids is 3. The zero-order chi connectivity index (χ0) is 19.4. The van der Waals surface area contributed by atoms with Crippen LogP contribution in [-0.4, -0.2) is 52.7 Å². The zero-order valence-electron chi connectivity index (χ0n) is 14.3. The van der Waals surface area contributed by atoms with Crippen LogP contribution in [0, 0.1) is 10.1 Å². The van der Waals surface area contributed by atoms with Gasteiger partial charge in [-0.1, -0.05) is 12.1 Å². The molecule has 2 aliphatic rings. The molecule has 1 aromatic rings. The Hall–Kier alpha value is -2.72. The van der Waals surface area contributed by atoms with E-state index in [1.165, 1.54) is 24.3 Å². The van der Waals surface area contributed by atoms with Gasteiger partial charge in [-0.05, 0) is 36.2 Å². The summed E-state index contributed by atoms with van der Waals surface area (Å²) < 4.78 is 5.40. The lowest BCUT2D eigenvalue weighted by Gasteiger charge is -2.14. The fourth-order valence-corrected chi connectivity index (χ4v) is 3.59. The summed E-state index contributed by atoms with van der Waals surface area (Å²) in [5.41, 5.74) is 0.314. The number of benzene rings is 1. The maximum atomic E-state index is 12.4. The Labute approximate surface area is 158 Å². The Kier molecular flexibility index (Phi) is 5.87. The highest BCUT2D eigenvalue weighted by molar-refractivity contribution is 8.18. The van der Waals surface area contributed by atoms with Crippen molar-refractivity contribution in [2.75, 3.05) is 19.7 Å². The minimum atomic E-state index is -0.594. The molecular formula is C17H17N3O6S. The Bertz CT molecular complexity index is 819. The SMILES string of the molecule is O=C(CN1C(=O)S/C(=C\c2cccc([N+](=O)[O-])c2)C1=O)NC[C@@H]1CCCO1. The maximum Gasteiger partial charge on any atom is 0.294 e. The van der Waals surface area contributed by atoms with Crippen molar-refractivity contribution in [3.63, 3.8) is 0 Å². The third-order valence-electron chi connectivity index (χ3n) is 4.10. The molecule has 142 valence electrons. The first-order valence-electron chi connectivity index (χ1n) is 8.32. The fourth-order valence-electron chi connectivity index (χ4n) is 2.75. The average molecular weight is 391 g/mol. The number of carbonyl (C=O) groups is 3. The van der Waals surface area contributed by atoms with Crippen LogP contribution in [0.15, 0.2) is 29.2 Å². The minimum Gasteiger partial charge on any atom is -0.376 e. The first-order chi connectivity index (χ1) is 12.9. The normalized spacial score (nSPS) is 21.1. The number of ether oxygens (including phenoxy) is 1. The van der Waals surface area contributed by atoms with Gasteiger partial charge < -0.3 is 10.1 Å². The van der Waals surface area contributed by atoms with Crippen LogP contribution in [0.3, 0.4) is 0 Å². The standard InChI is InChI=1S/C17H17N3O6S/c21-15(18-9-13-5-2-6-26-13)10-19-16(22)14(27-17(19)23)8-11-3-1-4-12(7-11)20(24)25/h1,3-4,7-8,13H,2,5-6,9-10H2,(H,18,21)/b14-8-/t13-/m0/s1. The van der Waals surface area contributed by atoms with Gasteiger partial charge in [0.05, 0.1) is 15.9 Å². The molecule has 1 atom stereocenters. The molecular weight excluding hydrogens is 374 g/mol. The van der Waals surface area contributed by atoms with E-state index in [1.807, 2.05) is 0 Å². The third-order valence-corrected chi connectivity index (χ3v) is 5.01. The highest BCUT2D eigenvalue weighted by Gasteiger charge is 2.36. The van der Waals surface area contributed by atoms with Crippen molar-refractivity contribution in [2.24, 2.45) is 0 Å². The van der Waals surface area contributed by atoms with E-state index >= 15 is 0 Å². The van der Waals surface area contributed by atoms with Gasteiger partial charge in [-0.25, -0.2) is 0 Å². The molecule has 2 fully saturated rings. The molecule has 2 aliphatic heterocycles. The summed E-state index contributed by atoms with van der Waals surface area (Å²) in [5, 5.41) is 12.9. The molecule has 1 N–H and O–H groups in total. The molecule has 9 nitrogen and oxygen atoms in total. The summed E-state index contributed by atoms with van der Waals surface area (Å²) in [7, 11) is 0. The predicted molar refractivity (Wildman–Crippen MR) is 97.8 cm³/mol. The number of amides is 3. The van der Waals surface area contributed by atoms with Crippen molar-refractivity contribution in [3.8, 4) is 0 Å². The van der Waals surface area contributed by atoms with E-state index in [2.05, 4.69) is 5.32 Å². The van der Waals surface area contributed by atoms with Crippen LogP contribution in [0.5, 0.6) is 0 Å². The number of imide groups is 1. The Morgan fingerprint density at radius 2 is 2.26 bits per heavy atom. The Morgan fingerprint density at radius 3 is 2.96 bits per heavy atom. The smallest absolute Gasteiger partial charge is 0.294 e. The van der Waals surface area contributed by atoms with Gasteiger partial charge in [0.2, 0.25) is 5.91 Å². The summed E-state index contributed by atoms with van der Waals surface area (Å²) in [6, 6.07) is 5.73. The first-order valence-corrected chi connectivity index (χ1v) is 9.14. The van der Waals surface area contributed by atoms with Gasteiger partial charge in [-0.15, -0.1) is 0 Å². The first kappa shape index (κ1) is 19.1. The topological polar surface area (TPSA) is 119 Å². The molecule has 3 rings (SSSR count). The molecule has 0 aromatic heterocycles. The lowest BCUT2D eigenvalue weighted by Crippen LogP contribution is -2.41. The molecule has 0 aliphatic carbocycles. The van der Waals surface area contributed by atoms with Gasteiger partial charge in [0.15, 0.2) is 0 Å². The van der Waals surface area contributed by atoms with Crippen molar-refractivity contribution >= 4 is 40.6 Å². The zero-order valence-corrected chi connectivity index (χ0v) is 15.1. The molecule has 2 saturated heterocycles. The van der Waals surface area contributed by atoms with Crippen LogP contribution in [0.1, 0.15) is 18.4 Å². The summed E-state index contributed by atoms with van der Waals surface area (Å²) in [4.78, 5) is 47.8. The van der Waals surface area contributed by atoms with Gasteiger partial charge in [-0.3, -0.25) is 29.4 Å². The Balaban J connectivity index is 1.63. The molecule has 0 radical (unpaired) electrons. The van der Waals surface area contributed by atoms with Crippen LogP contribution in [0.25, 0.3) is 6.08 Å². The van der Waals surface area contributed by atoms with E-state index in [0.717, 1.165) is 17.7 Å². The van der Waals surface area contributed by atoms with Crippen LogP contribution >= 0.6 is 11.8 Å². The number of nitro benzene ring substituents is 1. The van der Waals surface area contributed by atoms with Crippen LogP contribution in [-0.2, 0) is 14.3 Å². The van der Waals surface area contributed by atoms with Crippen LogP contribution in [0.2, 0.25) is 0 Å². The largest absolute Gasteiger partial charge is 0.376 e. The van der Waals surface area contributed by atoms with Crippen LogP contribution < -0.4 is 5.32 Å². The van der Waals surface area contributed by atoms with Gasteiger partial charge in [0.25, 0.3) is 16.8 Å². The van der Waals surface area contributed by atoms with Crippen LogP contribution in [0.4, 0.5) is 10.5 Å². The molecule has 0 saturated carbocycles. The highest BCUT2D eigenvalue weighted by atomic mass is 32.2. The van der Waals surface area contributed by atoms with Crippen molar-refractivity contribution in [1.82, 2.24) is 10.2 Å². The van der Waals surface area contributed by atoms with Gasteiger partial charge >= 0.3 is 0 Å². The van der Waals surface area contributed by atoms with Gasteiger partial charge in [-0.2, -0.15) is 0 Å². The number of hydrogen-bond donors (Lipinski definition) is 1. The molecule has 0 unspecified atom stereocenters. The maximum absolute atomic E-state index is 12.4. The van der Waals surface area contributed by atoms with Crippen molar-refractivity contribution < 1.29 is 24.0 Å². The number of nitrogens with zero attached hydrogens (tertiary/aromatic N) is 2. The van der Waals surface area contributed by atoms with Gasteiger partial charge in [0, 0.05) is 25.3 Å². The minimum absolute atomic E-state index is 0.0300. The lowest BCUT2D eigenvalue weighted by molar-refractivity contribution is -0.384. The summed E-state index contributed by atoms with van der Waals surface area (Å²) in [5.74, 6) is -1.03. The van der Waals surface area contributed by atoms with Crippen molar-refractivity contribution in [3.05, 3.63) is 44.8 Å². The molecule has 10 heteroatoms. The number of rotatable bonds is 6. The number of hydrogen-bond acceptors (Lipinski definition) is 7. The number of thioether (sulfide) groups is 1. The summed E-state index contributed by atoms with van der Waals surface area (Å²) in [6.45, 7) is 0.647. The van der Waals surface area contributed by atoms with Gasteiger partial charge in [0.1, 0.15) is 6.54 Å². The highest BCUT2D eigenvalue weighted by Crippen LogP contribution is 2.32. The second-order valence-corrected chi connectivity index (χ2v) is 7.05. The third kappa shape index (κ3) is 4.72. The van der Waals surface area contributed by atoms with E-state index in [0.29, 0.717) is 30.5 Å². The molecule has 27 heavy (non-hydrogen) atoms. The van der Waals surface area contributed by atoms with E-state index in [9.17, 15) is 24.5 Å². The lowest BCUT2D eigenvalue weighted by atomic mass is 10.2. The average Bonchev–Trinajstić information content (AvgIpc) is 3.24. The van der Waals surface area contributed by atoms with Crippen molar-refractivity contribution in [2.45, 2.75) is 18.9 Å².